The first-order chi connectivity index (χ1) is 5.29. The maximum absolute atomic E-state index is 5.18. The van der Waals surface area contributed by atoms with Crippen molar-refractivity contribution in [2.24, 2.45) is 0 Å². The number of hydrogen-bond donors (Lipinski definition) is 0. The van der Waals surface area contributed by atoms with Crippen LogP contribution in [0.1, 0.15) is 5.76 Å². The van der Waals surface area contributed by atoms with E-state index in [2.05, 4.69) is 19.0 Å². The summed E-state index contributed by atoms with van der Waals surface area (Å²) in [5.74, 6) is 3.06. The first kappa shape index (κ1) is 8.68. The third kappa shape index (κ3) is 3.49. The molecule has 0 aliphatic carbocycles. The van der Waals surface area contributed by atoms with Gasteiger partial charge in [0.15, 0.2) is 0 Å². The summed E-state index contributed by atoms with van der Waals surface area (Å²) in [5, 5.41) is 0. The maximum Gasteiger partial charge on any atom is 0.113 e. The number of rotatable bonds is 4. The maximum atomic E-state index is 5.18. The fraction of sp³-hybridized carbons (Fsp3) is 0.500. The second-order valence-corrected chi connectivity index (χ2v) is 3.59. The van der Waals surface area contributed by atoms with Crippen molar-refractivity contribution < 1.29 is 4.42 Å². The molecule has 0 fully saturated rings. The van der Waals surface area contributed by atoms with Crippen LogP contribution in [0.4, 0.5) is 0 Å². The molecule has 62 valence electrons. The van der Waals surface area contributed by atoms with Gasteiger partial charge in [0, 0.05) is 5.88 Å². The van der Waals surface area contributed by atoms with Gasteiger partial charge in [0.05, 0.1) is 12.0 Å². The van der Waals surface area contributed by atoms with Crippen LogP contribution in [0.3, 0.4) is 0 Å². The van der Waals surface area contributed by atoms with Crippen molar-refractivity contribution in [3.05, 3.63) is 24.2 Å². The molecule has 1 rings (SSSR count). The minimum absolute atomic E-state index is 0.963. The fourth-order valence-electron chi connectivity index (χ4n) is 0.724. The Morgan fingerprint density at radius 2 is 2.36 bits per heavy atom. The first-order valence-electron chi connectivity index (χ1n) is 3.54. The van der Waals surface area contributed by atoms with Gasteiger partial charge in [0.1, 0.15) is 5.76 Å². The average molecular weight is 171 g/mol. The molecule has 0 atom stereocenters. The van der Waals surface area contributed by atoms with Gasteiger partial charge in [-0.05, 0) is 26.2 Å². The quantitative estimate of drug-likeness (QED) is 0.645. The summed E-state index contributed by atoms with van der Waals surface area (Å²) >= 11 is 1.85. The molecule has 0 aliphatic rings. The largest absolute Gasteiger partial charge is 0.468 e. The SMILES string of the molecule is CN(C)CSCc1ccco1. The molecule has 0 amide bonds. The highest BCUT2D eigenvalue weighted by Crippen LogP contribution is 2.12. The Morgan fingerprint density at radius 3 is 2.91 bits per heavy atom. The van der Waals surface area contributed by atoms with Gasteiger partial charge in [-0.25, -0.2) is 0 Å². The third-order valence-corrected chi connectivity index (χ3v) is 2.36. The molecular weight excluding hydrogens is 158 g/mol. The van der Waals surface area contributed by atoms with Crippen molar-refractivity contribution in [1.29, 1.82) is 0 Å². The van der Waals surface area contributed by atoms with Crippen molar-refractivity contribution >= 4 is 11.8 Å². The number of nitrogens with zero attached hydrogens (tertiary/aromatic N) is 1. The third-order valence-electron chi connectivity index (χ3n) is 1.17. The molecule has 3 heteroatoms. The van der Waals surface area contributed by atoms with E-state index in [0.29, 0.717) is 0 Å². The lowest BCUT2D eigenvalue weighted by molar-refractivity contribution is 0.484. The molecule has 1 aromatic rings. The Bertz CT molecular complexity index is 184. The van der Waals surface area contributed by atoms with Gasteiger partial charge in [0.25, 0.3) is 0 Å². The molecule has 0 aromatic carbocycles. The zero-order valence-corrected chi connectivity index (χ0v) is 7.73. The predicted molar refractivity (Wildman–Crippen MR) is 48.6 cm³/mol. The van der Waals surface area contributed by atoms with Crippen LogP contribution in [-0.2, 0) is 5.75 Å². The van der Waals surface area contributed by atoms with E-state index in [1.54, 1.807) is 6.26 Å². The van der Waals surface area contributed by atoms with Crippen LogP contribution in [0, 0.1) is 0 Å². The summed E-state index contributed by atoms with van der Waals surface area (Å²) in [6, 6.07) is 3.92. The second-order valence-electron chi connectivity index (χ2n) is 2.64. The van der Waals surface area contributed by atoms with E-state index in [-0.39, 0.29) is 0 Å². The highest BCUT2D eigenvalue weighted by molar-refractivity contribution is 7.98. The zero-order chi connectivity index (χ0) is 8.10. The minimum atomic E-state index is 0.963. The predicted octanol–water partition coefficient (Wildman–Crippen LogP) is 2.03. The zero-order valence-electron chi connectivity index (χ0n) is 6.91. The lowest BCUT2D eigenvalue weighted by atomic mass is 10.5. The number of furan rings is 1. The number of hydrogen-bond acceptors (Lipinski definition) is 3. The molecule has 0 radical (unpaired) electrons. The van der Waals surface area contributed by atoms with Gasteiger partial charge in [-0.15, -0.1) is 11.8 Å². The topological polar surface area (TPSA) is 16.4 Å². The summed E-state index contributed by atoms with van der Waals surface area (Å²) < 4.78 is 5.18. The monoisotopic (exact) mass is 171 g/mol. The molecule has 0 unspecified atom stereocenters. The molecule has 0 spiro atoms. The molecule has 1 heterocycles. The van der Waals surface area contributed by atoms with E-state index in [9.17, 15) is 0 Å². The summed E-state index contributed by atoms with van der Waals surface area (Å²) in [5.41, 5.74) is 0. The van der Waals surface area contributed by atoms with Crippen LogP contribution in [-0.4, -0.2) is 24.9 Å². The Hall–Kier alpha value is -0.410. The van der Waals surface area contributed by atoms with Crippen LogP contribution in [0.5, 0.6) is 0 Å². The van der Waals surface area contributed by atoms with Gasteiger partial charge in [-0.1, -0.05) is 0 Å². The Balaban J connectivity index is 2.14. The Morgan fingerprint density at radius 1 is 1.55 bits per heavy atom. The molecule has 0 bridgehead atoms. The van der Waals surface area contributed by atoms with Crippen LogP contribution in [0.25, 0.3) is 0 Å². The van der Waals surface area contributed by atoms with Gasteiger partial charge in [-0.3, -0.25) is 0 Å². The van der Waals surface area contributed by atoms with Crippen LogP contribution < -0.4 is 0 Å². The van der Waals surface area contributed by atoms with Gasteiger partial charge in [-0.2, -0.15) is 0 Å². The van der Waals surface area contributed by atoms with Crippen LogP contribution in [0.2, 0.25) is 0 Å². The summed E-state index contributed by atoms with van der Waals surface area (Å²) in [7, 11) is 4.13. The van der Waals surface area contributed by atoms with E-state index in [1.165, 1.54) is 0 Å². The molecule has 11 heavy (non-hydrogen) atoms. The van der Waals surface area contributed by atoms with E-state index in [1.807, 2.05) is 23.9 Å². The van der Waals surface area contributed by atoms with Gasteiger partial charge < -0.3 is 9.32 Å². The molecule has 0 aliphatic heterocycles. The number of thioether (sulfide) groups is 1. The van der Waals surface area contributed by atoms with Crippen molar-refractivity contribution in [2.75, 3.05) is 20.0 Å². The Labute approximate surface area is 71.6 Å². The molecule has 0 saturated heterocycles. The molecule has 0 saturated carbocycles. The molecule has 1 aromatic heterocycles. The highest BCUT2D eigenvalue weighted by Gasteiger charge is 1.95. The molecule has 2 nitrogen and oxygen atoms in total. The summed E-state index contributed by atoms with van der Waals surface area (Å²) in [4.78, 5) is 2.15. The molecule has 0 N–H and O–H groups in total. The minimum Gasteiger partial charge on any atom is -0.468 e. The van der Waals surface area contributed by atoms with Crippen LogP contribution in [0.15, 0.2) is 22.8 Å². The van der Waals surface area contributed by atoms with Crippen molar-refractivity contribution in [1.82, 2.24) is 4.90 Å². The fourth-order valence-corrected chi connectivity index (χ4v) is 1.55. The van der Waals surface area contributed by atoms with E-state index >= 15 is 0 Å². The highest BCUT2D eigenvalue weighted by atomic mass is 32.2. The van der Waals surface area contributed by atoms with Gasteiger partial charge in [0.2, 0.25) is 0 Å². The van der Waals surface area contributed by atoms with Crippen LogP contribution >= 0.6 is 11.8 Å². The average Bonchev–Trinajstić information content (AvgIpc) is 2.39. The van der Waals surface area contributed by atoms with E-state index in [0.717, 1.165) is 17.4 Å². The Kier molecular flexibility index (Phi) is 3.52. The normalized spacial score (nSPS) is 10.8. The van der Waals surface area contributed by atoms with Gasteiger partial charge >= 0.3 is 0 Å². The first-order valence-corrected chi connectivity index (χ1v) is 4.69. The van der Waals surface area contributed by atoms with Crippen molar-refractivity contribution in [3.8, 4) is 0 Å². The smallest absolute Gasteiger partial charge is 0.113 e. The summed E-state index contributed by atoms with van der Waals surface area (Å²) in [6.07, 6.45) is 1.71. The summed E-state index contributed by atoms with van der Waals surface area (Å²) in [6.45, 7) is 0. The molecular formula is C8H13NOS. The second kappa shape index (κ2) is 4.46. The van der Waals surface area contributed by atoms with Crippen molar-refractivity contribution in [3.63, 3.8) is 0 Å². The lowest BCUT2D eigenvalue weighted by Gasteiger charge is -2.06. The van der Waals surface area contributed by atoms with Crippen molar-refractivity contribution in [2.45, 2.75) is 5.75 Å². The van der Waals surface area contributed by atoms with E-state index < -0.39 is 0 Å². The van der Waals surface area contributed by atoms with E-state index in [4.69, 9.17) is 4.42 Å². The standard InChI is InChI=1S/C8H13NOS/c1-9(2)7-11-6-8-4-3-5-10-8/h3-5H,6-7H2,1-2H3. The lowest BCUT2D eigenvalue weighted by Crippen LogP contribution is -2.09.